The lowest BCUT2D eigenvalue weighted by molar-refractivity contribution is 0.00578. The molecule has 2 aliphatic rings. The Labute approximate surface area is 155 Å². The molecule has 3 N–H and O–H groups in total. The van der Waals surface area contributed by atoms with Crippen LogP contribution in [0.25, 0.3) is 0 Å². The summed E-state index contributed by atoms with van der Waals surface area (Å²) in [5.74, 6) is -0.00324. The van der Waals surface area contributed by atoms with E-state index in [1.807, 2.05) is 27.7 Å². The number of nitrogens with zero attached hydrogens (tertiary/aromatic N) is 2. The van der Waals surface area contributed by atoms with Crippen LogP contribution in [0.4, 0.5) is 5.82 Å². The van der Waals surface area contributed by atoms with Crippen molar-refractivity contribution in [2.45, 2.75) is 51.7 Å². The van der Waals surface area contributed by atoms with Gasteiger partial charge in [0.25, 0.3) is 5.91 Å². The minimum Gasteiger partial charge on any atom is -0.399 e. The number of hydrogen-bond donors (Lipinski definition) is 2. The highest BCUT2D eigenvalue weighted by molar-refractivity contribution is 6.62. The molecule has 0 radical (unpaired) electrons. The third-order valence-corrected chi connectivity index (χ3v) is 5.62. The highest BCUT2D eigenvalue weighted by Crippen LogP contribution is 2.36. The zero-order chi connectivity index (χ0) is 18.9. The van der Waals surface area contributed by atoms with Crippen LogP contribution in [0.15, 0.2) is 12.3 Å². The molecule has 1 aromatic heterocycles. The van der Waals surface area contributed by atoms with Crippen LogP contribution < -0.4 is 16.5 Å². The fourth-order valence-corrected chi connectivity index (χ4v) is 3.21. The molecule has 3 rings (SSSR count). The number of hydrogen-bond acceptors (Lipinski definition) is 6. The van der Waals surface area contributed by atoms with E-state index in [9.17, 15) is 4.79 Å². The van der Waals surface area contributed by atoms with Crippen LogP contribution in [0.2, 0.25) is 0 Å². The fraction of sp³-hybridized carbons (Fsp3) is 0.667. The highest BCUT2D eigenvalue weighted by atomic mass is 16.7. The summed E-state index contributed by atoms with van der Waals surface area (Å²) < 4.78 is 12.1. The second kappa shape index (κ2) is 7.17. The second-order valence-electron chi connectivity index (χ2n) is 8.09. The summed E-state index contributed by atoms with van der Waals surface area (Å²) in [7, 11) is -0.566. The normalized spacial score (nSPS) is 21.9. The SMILES string of the molecule is CC1(C)OB(c2cnc(N)c(C(=O)NCCN3CCCC3)c2)OC1(C)C. The van der Waals surface area contributed by atoms with Crippen molar-refractivity contribution in [1.82, 2.24) is 15.2 Å². The lowest BCUT2D eigenvalue weighted by atomic mass is 9.79. The Kier molecular flexibility index (Phi) is 5.28. The molecule has 0 spiro atoms. The van der Waals surface area contributed by atoms with E-state index in [0.717, 1.165) is 19.6 Å². The summed E-state index contributed by atoms with van der Waals surface area (Å²) in [6.45, 7) is 11.6. The number of carbonyl (C=O) groups is 1. The first-order valence-electron chi connectivity index (χ1n) is 9.31. The van der Waals surface area contributed by atoms with E-state index in [2.05, 4.69) is 15.2 Å². The molecule has 1 amide bonds. The van der Waals surface area contributed by atoms with Crippen LogP contribution in [0.5, 0.6) is 0 Å². The Morgan fingerprint density at radius 2 is 1.88 bits per heavy atom. The van der Waals surface area contributed by atoms with E-state index >= 15 is 0 Å². The van der Waals surface area contributed by atoms with Gasteiger partial charge in [-0.25, -0.2) is 4.98 Å². The van der Waals surface area contributed by atoms with Gasteiger partial charge in [0.15, 0.2) is 0 Å². The quantitative estimate of drug-likeness (QED) is 0.755. The smallest absolute Gasteiger partial charge is 0.399 e. The fourth-order valence-electron chi connectivity index (χ4n) is 3.21. The first kappa shape index (κ1) is 19.1. The van der Waals surface area contributed by atoms with Gasteiger partial charge in [-0.1, -0.05) is 0 Å². The molecule has 7 nitrogen and oxygen atoms in total. The van der Waals surface area contributed by atoms with Crippen molar-refractivity contribution < 1.29 is 14.1 Å². The molecule has 2 fully saturated rings. The zero-order valence-corrected chi connectivity index (χ0v) is 16.2. The lowest BCUT2D eigenvalue weighted by Gasteiger charge is -2.32. The number of carbonyl (C=O) groups excluding carboxylic acids is 1. The van der Waals surface area contributed by atoms with Gasteiger partial charge in [0.2, 0.25) is 0 Å². The standard InChI is InChI=1S/C18H29BN4O3/c1-17(2)18(3,4)26-19(25-17)13-11-14(15(20)22-12-13)16(24)21-7-10-23-8-5-6-9-23/h11-12H,5-10H2,1-4H3,(H2,20,22)(H,21,24). The third-order valence-electron chi connectivity index (χ3n) is 5.62. The van der Waals surface area contributed by atoms with Crippen LogP contribution in [-0.4, -0.2) is 60.3 Å². The number of nitrogens with two attached hydrogens (primary N) is 1. The first-order chi connectivity index (χ1) is 12.2. The number of likely N-dealkylation sites (tertiary alicyclic amines) is 1. The molecule has 2 aliphatic heterocycles. The molecule has 0 bridgehead atoms. The van der Waals surface area contributed by atoms with E-state index < -0.39 is 18.3 Å². The van der Waals surface area contributed by atoms with Crippen LogP contribution in [-0.2, 0) is 9.31 Å². The summed E-state index contributed by atoms with van der Waals surface area (Å²) in [5, 5.41) is 2.93. The molecule has 0 saturated carbocycles. The number of aromatic nitrogens is 1. The molecule has 2 saturated heterocycles. The first-order valence-corrected chi connectivity index (χ1v) is 9.31. The van der Waals surface area contributed by atoms with Crippen LogP contribution in [0, 0.1) is 0 Å². The number of nitrogens with one attached hydrogen (secondary N) is 1. The highest BCUT2D eigenvalue weighted by Gasteiger charge is 2.52. The summed E-state index contributed by atoms with van der Waals surface area (Å²) in [6.07, 6.45) is 4.08. The Morgan fingerprint density at radius 1 is 1.27 bits per heavy atom. The maximum absolute atomic E-state index is 12.5. The molecule has 142 valence electrons. The number of pyridine rings is 1. The number of nitrogen functional groups attached to an aromatic ring is 1. The van der Waals surface area contributed by atoms with Gasteiger partial charge in [-0.05, 0) is 59.7 Å². The summed E-state index contributed by atoms with van der Waals surface area (Å²) in [5.41, 5.74) is 6.09. The molecule has 1 aromatic rings. The Morgan fingerprint density at radius 3 is 2.50 bits per heavy atom. The van der Waals surface area contributed by atoms with E-state index in [1.54, 1.807) is 12.3 Å². The Balaban J connectivity index is 1.66. The second-order valence-corrected chi connectivity index (χ2v) is 8.09. The van der Waals surface area contributed by atoms with Gasteiger partial charge < -0.3 is 25.3 Å². The van der Waals surface area contributed by atoms with Crippen molar-refractivity contribution in [3.05, 3.63) is 17.8 Å². The van der Waals surface area contributed by atoms with Crippen molar-refractivity contribution in [3.63, 3.8) is 0 Å². The molecule has 0 aliphatic carbocycles. The van der Waals surface area contributed by atoms with E-state index in [4.69, 9.17) is 15.0 Å². The maximum atomic E-state index is 12.5. The zero-order valence-electron chi connectivity index (χ0n) is 16.2. The predicted molar refractivity (Wildman–Crippen MR) is 102 cm³/mol. The van der Waals surface area contributed by atoms with Crippen LogP contribution in [0.3, 0.4) is 0 Å². The van der Waals surface area contributed by atoms with Crippen molar-refractivity contribution in [2.24, 2.45) is 0 Å². The number of amides is 1. The summed E-state index contributed by atoms with van der Waals surface area (Å²) in [4.78, 5) is 19.1. The summed E-state index contributed by atoms with van der Waals surface area (Å²) >= 11 is 0. The van der Waals surface area contributed by atoms with Crippen LogP contribution in [0.1, 0.15) is 50.9 Å². The molecular formula is C18H29BN4O3. The molecule has 8 heteroatoms. The average molecular weight is 360 g/mol. The predicted octanol–water partition coefficient (Wildman–Crippen LogP) is 0.789. The van der Waals surface area contributed by atoms with Gasteiger partial charge in [-0.3, -0.25) is 4.79 Å². The molecule has 0 atom stereocenters. The lowest BCUT2D eigenvalue weighted by Crippen LogP contribution is -2.41. The van der Waals surface area contributed by atoms with Crippen molar-refractivity contribution in [2.75, 3.05) is 31.9 Å². The van der Waals surface area contributed by atoms with E-state index in [-0.39, 0.29) is 11.7 Å². The van der Waals surface area contributed by atoms with E-state index in [0.29, 0.717) is 17.6 Å². The topological polar surface area (TPSA) is 89.7 Å². The molecule has 3 heterocycles. The molecule has 0 unspecified atom stereocenters. The monoisotopic (exact) mass is 360 g/mol. The van der Waals surface area contributed by atoms with Crippen molar-refractivity contribution in [1.29, 1.82) is 0 Å². The molecule has 26 heavy (non-hydrogen) atoms. The average Bonchev–Trinajstić information content (AvgIpc) is 3.14. The molecular weight excluding hydrogens is 331 g/mol. The van der Waals surface area contributed by atoms with Gasteiger partial charge >= 0.3 is 7.12 Å². The number of anilines is 1. The minimum atomic E-state index is -0.566. The van der Waals surface area contributed by atoms with Gasteiger partial charge in [-0.2, -0.15) is 0 Å². The van der Waals surface area contributed by atoms with Crippen molar-refractivity contribution >= 4 is 24.3 Å². The van der Waals surface area contributed by atoms with Crippen LogP contribution >= 0.6 is 0 Å². The third kappa shape index (κ3) is 3.87. The van der Waals surface area contributed by atoms with Gasteiger partial charge in [0, 0.05) is 24.7 Å². The summed E-state index contributed by atoms with van der Waals surface area (Å²) in [6, 6.07) is 1.72. The van der Waals surface area contributed by atoms with Crippen molar-refractivity contribution in [3.8, 4) is 0 Å². The maximum Gasteiger partial charge on any atom is 0.496 e. The largest absolute Gasteiger partial charge is 0.496 e. The molecule has 0 aromatic carbocycles. The minimum absolute atomic E-state index is 0.212. The van der Waals surface area contributed by atoms with Gasteiger partial charge in [-0.15, -0.1) is 0 Å². The van der Waals surface area contributed by atoms with Gasteiger partial charge in [0.1, 0.15) is 5.82 Å². The Bertz CT molecular complexity index is 658. The van der Waals surface area contributed by atoms with Gasteiger partial charge in [0.05, 0.1) is 16.8 Å². The number of rotatable bonds is 5. The van der Waals surface area contributed by atoms with E-state index in [1.165, 1.54) is 12.8 Å². The Hall–Kier alpha value is -1.64.